The Balaban J connectivity index is 2.58. The van der Waals surface area contributed by atoms with Crippen molar-refractivity contribution in [3.05, 3.63) is 29.3 Å². The van der Waals surface area contributed by atoms with Crippen molar-refractivity contribution in [1.29, 1.82) is 0 Å². The van der Waals surface area contributed by atoms with Gasteiger partial charge in [-0.3, -0.25) is 9.59 Å². The number of carbonyl (C=O) groups excluding carboxylic acids is 2. The van der Waals surface area contributed by atoms with E-state index in [1.807, 2.05) is 6.92 Å². The summed E-state index contributed by atoms with van der Waals surface area (Å²) in [5, 5.41) is 2.66. The molecule has 1 aromatic rings. The predicted octanol–water partition coefficient (Wildman–Crippen LogP) is 0.412. The lowest BCUT2D eigenvalue weighted by Gasteiger charge is -2.17. The molecule has 20 heavy (non-hydrogen) atoms. The number of rotatable bonds is 6. The summed E-state index contributed by atoms with van der Waals surface area (Å²) in [6.07, 6.45) is 0. The van der Waals surface area contributed by atoms with Crippen LogP contribution in [0.5, 0.6) is 0 Å². The van der Waals surface area contributed by atoms with Gasteiger partial charge in [-0.1, -0.05) is 6.07 Å². The summed E-state index contributed by atoms with van der Waals surface area (Å²) >= 11 is 0. The van der Waals surface area contributed by atoms with Gasteiger partial charge in [-0.15, -0.1) is 0 Å². The maximum absolute atomic E-state index is 12.1. The summed E-state index contributed by atoms with van der Waals surface area (Å²) in [5.74, 6) is -0.462. The van der Waals surface area contributed by atoms with Crippen LogP contribution in [0.4, 0.5) is 5.69 Å². The van der Waals surface area contributed by atoms with E-state index < -0.39 is 0 Å². The molecule has 0 aromatic heterocycles. The van der Waals surface area contributed by atoms with Crippen molar-refractivity contribution < 1.29 is 14.3 Å². The van der Waals surface area contributed by atoms with Gasteiger partial charge in [-0.2, -0.15) is 0 Å². The maximum Gasteiger partial charge on any atom is 0.254 e. The van der Waals surface area contributed by atoms with E-state index >= 15 is 0 Å². The molecule has 0 saturated carbocycles. The van der Waals surface area contributed by atoms with Gasteiger partial charge in [-0.05, 0) is 24.6 Å². The first kappa shape index (κ1) is 16.0. The Hall–Kier alpha value is -2.08. The lowest BCUT2D eigenvalue weighted by atomic mass is 10.1. The minimum absolute atomic E-state index is 0.00364. The molecule has 110 valence electrons. The molecule has 6 nitrogen and oxygen atoms in total. The average molecular weight is 279 g/mol. The van der Waals surface area contributed by atoms with Crippen molar-refractivity contribution in [2.75, 3.05) is 39.6 Å². The van der Waals surface area contributed by atoms with E-state index in [9.17, 15) is 9.59 Å². The molecule has 0 unspecified atom stereocenters. The Kier molecular flexibility index (Phi) is 5.99. The van der Waals surface area contributed by atoms with Crippen LogP contribution >= 0.6 is 0 Å². The fourth-order valence-corrected chi connectivity index (χ4v) is 1.63. The van der Waals surface area contributed by atoms with Gasteiger partial charge in [0.1, 0.15) is 0 Å². The molecule has 3 N–H and O–H groups in total. The summed E-state index contributed by atoms with van der Waals surface area (Å²) in [7, 11) is 3.14. The summed E-state index contributed by atoms with van der Waals surface area (Å²) in [4.78, 5) is 25.1. The molecular formula is C14H21N3O3. The average Bonchev–Trinajstić information content (AvgIpc) is 2.41. The van der Waals surface area contributed by atoms with Crippen LogP contribution in [0.25, 0.3) is 0 Å². The number of ether oxygens (including phenoxy) is 1. The number of nitrogens with one attached hydrogen (secondary N) is 1. The summed E-state index contributed by atoms with van der Waals surface area (Å²) < 4.78 is 4.83. The molecule has 0 heterocycles. The van der Waals surface area contributed by atoms with E-state index in [1.54, 1.807) is 32.4 Å². The predicted molar refractivity (Wildman–Crippen MR) is 77.4 cm³/mol. The van der Waals surface area contributed by atoms with Crippen LogP contribution < -0.4 is 11.1 Å². The molecule has 0 spiro atoms. The highest BCUT2D eigenvalue weighted by Crippen LogP contribution is 2.14. The summed E-state index contributed by atoms with van der Waals surface area (Å²) in [6.45, 7) is 2.74. The van der Waals surface area contributed by atoms with E-state index in [4.69, 9.17) is 10.5 Å². The Labute approximate surface area is 118 Å². The van der Waals surface area contributed by atoms with Crippen molar-refractivity contribution in [2.24, 2.45) is 0 Å². The highest BCUT2D eigenvalue weighted by Gasteiger charge is 2.15. The van der Waals surface area contributed by atoms with Crippen LogP contribution in [0, 0.1) is 6.92 Å². The molecule has 0 aliphatic carbocycles. The molecule has 0 saturated heterocycles. The van der Waals surface area contributed by atoms with Gasteiger partial charge in [-0.25, -0.2) is 0 Å². The smallest absolute Gasteiger partial charge is 0.254 e. The van der Waals surface area contributed by atoms with Gasteiger partial charge in [0.25, 0.3) is 5.91 Å². The highest BCUT2D eigenvalue weighted by molar-refractivity contribution is 5.97. The molecule has 0 radical (unpaired) electrons. The molecule has 0 aliphatic heterocycles. The second-order valence-electron chi connectivity index (χ2n) is 4.58. The Morgan fingerprint density at radius 1 is 1.40 bits per heavy atom. The molecular weight excluding hydrogens is 258 g/mol. The Morgan fingerprint density at radius 3 is 2.70 bits per heavy atom. The number of methoxy groups -OCH3 is 1. The van der Waals surface area contributed by atoms with E-state index in [1.165, 1.54) is 4.90 Å². The van der Waals surface area contributed by atoms with Gasteiger partial charge < -0.3 is 20.7 Å². The quantitative estimate of drug-likeness (QED) is 0.583. The number of amides is 2. The minimum Gasteiger partial charge on any atom is -0.398 e. The van der Waals surface area contributed by atoms with Crippen molar-refractivity contribution in [2.45, 2.75) is 6.92 Å². The molecule has 1 aromatic carbocycles. The number of nitrogens with zero attached hydrogens (tertiary/aromatic N) is 1. The molecule has 0 atom stereocenters. The number of carbonyl (C=O) groups is 2. The van der Waals surface area contributed by atoms with E-state index in [2.05, 4.69) is 5.32 Å². The molecule has 6 heteroatoms. The second-order valence-corrected chi connectivity index (χ2v) is 4.58. The number of anilines is 1. The fraction of sp³-hybridized carbons (Fsp3) is 0.429. The monoisotopic (exact) mass is 279 g/mol. The largest absolute Gasteiger partial charge is 0.398 e. The number of nitrogen functional groups attached to an aromatic ring is 1. The second kappa shape index (κ2) is 7.49. The SMILES string of the molecule is COCCNC(=O)CN(C)C(=O)c1ccc(C)c(N)c1. The number of likely N-dealkylation sites (N-methyl/N-ethyl adjacent to an activating group) is 1. The molecule has 0 bridgehead atoms. The van der Waals surface area contributed by atoms with Crippen LogP contribution in [-0.4, -0.2) is 50.6 Å². The number of hydrogen-bond donors (Lipinski definition) is 2. The number of hydrogen-bond acceptors (Lipinski definition) is 4. The molecule has 0 fully saturated rings. The van der Waals surface area contributed by atoms with Crippen LogP contribution in [0.1, 0.15) is 15.9 Å². The maximum atomic E-state index is 12.1. The standard InChI is InChI=1S/C14H21N3O3/c1-10-4-5-11(8-12(10)15)14(19)17(2)9-13(18)16-6-7-20-3/h4-5,8H,6-7,9,15H2,1-3H3,(H,16,18). The topological polar surface area (TPSA) is 84.7 Å². The lowest BCUT2D eigenvalue weighted by Crippen LogP contribution is -2.39. The number of nitrogens with two attached hydrogens (primary N) is 1. The van der Waals surface area contributed by atoms with E-state index in [0.29, 0.717) is 24.4 Å². The fourth-order valence-electron chi connectivity index (χ4n) is 1.63. The van der Waals surface area contributed by atoms with Crippen LogP contribution in [0.2, 0.25) is 0 Å². The third kappa shape index (κ3) is 4.55. The van der Waals surface area contributed by atoms with Crippen molar-refractivity contribution in [1.82, 2.24) is 10.2 Å². The first-order valence-corrected chi connectivity index (χ1v) is 6.33. The van der Waals surface area contributed by atoms with E-state index in [0.717, 1.165) is 5.56 Å². The van der Waals surface area contributed by atoms with Crippen molar-refractivity contribution in [3.63, 3.8) is 0 Å². The summed E-state index contributed by atoms with van der Waals surface area (Å²) in [6, 6.07) is 5.11. The molecule has 1 rings (SSSR count). The normalized spacial score (nSPS) is 10.2. The van der Waals surface area contributed by atoms with Crippen LogP contribution in [0.3, 0.4) is 0 Å². The van der Waals surface area contributed by atoms with Crippen molar-refractivity contribution >= 4 is 17.5 Å². The van der Waals surface area contributed by atoms with Gasteiger partial charge in [0.2, 0.25) is 5.91 Å². The lowest BCUT2D eigenvalue weighted by molar-refractivity contribution is -0.121. The van der Waals surface area contributed by atoms with Gasteiger partial charge in [0.15, 0.2) is 0 Å². The van der Waals surface area contributed by atoms with Crippen LogP contribution in [0.15, 0.2) is 18.2 Å². The van der Waals surface area contributed by atoms with Crippen LogP contribution in [-0.2, 0) is 9.53 Å². The highest BCUT2D eigenvalue weighted by atomic mass is 16.5. The van der Waals surface area contributed by atoms with Gasteiger partial charge in [0.05, 0.1) is 13.2 Å². The zero-order valence-electron chi connectivity index (χ0n) is 12.1. The summed E-state index contributed by atoms with van der Waals surface area (Å²) in [5.41, 5.74) is 7.73. The number of benzene rings is 1. The van der Waals surface area contributed by atoms with Gasteiger partial charge in [0, 0.05) is 32.0 Å². The third-order valence-electron chi connectivity index (χ3n) is 2.88. The van der Waals surface area contributed by atoms with E-state index in [-0.39, 0.29) is 18.4 Å². The minimum atomic E-state index is -0.237. The zero-order valence-corrected chi connectivity index (χ0v) is 12.1. The Morgan fingerprint density at radius 2 is 2.10 bits per heavy atom. The van der Waals surface area contributed by atoms with Gasteiger partial charge >= 0.3 is 0 Å². The van der Waals surface area contributed by atoms with Crippen molar-refractivity contribution in [3.8, 4) is 0 Å². The third-order valence-corrected chi connectivity index (χ3v) is 2.88. The molecule has 2 amide bonds. The zero-order chi connectivity index (χ0) is 15.1. The first-order valence-electron chi connectivity index (χ1n) is 6.33. The number of aryl methyl sites for hydroxylation is 1. The molecule has 0 aliphatic rings. The Bertz CT molecular complexity index is 489. The first-order chi connectivity index (χ1) is 9.45.